The number of hydrogen-bond acceptors (Lipinski definition) is 7. The van der Waals surface area contributed by atoms with Crippen molar-refractivity contribution < 1.29 is 9.90 Å². The van der Waals surface area contributed by atoms with E-state index in [2.05, 4.69) is 55.6 Å². The summed E-state index contributed by atoms with van der Waals surface area (Å²) in [7, 11) is 0. The van der Waals surface area contributed by atoms with E-state index in [1.54, 1.807) is 6.07 Å². The Labute approximate surface area is 194 Å². The van der Waals surface area contributed by atoms with Gasteiger partial charge in [0.05, 0.1) is 6.10 Å². The Kier molecular flexibility index (Phi) is 8.13. The number of aromatic nitrogens is 2. The number of aliphatic hydroxyl groups excluding tert-OH is 1. The van der Waals surface area contributed by atoms with Crippen molar-refractivity contribution in [2.45, 2.75) is 25.5 Å². The van der Waals surface area contributed by atoms with Gasteiger partial charge in [-0.2, -0.15) is 11.8 Å². The lowest BCUT2D eigenvalue weighted by atomic mass is 9.94. The number of hydrogen-bond donors (Lipinski definition) is 2. The molecular weight excluding hydrogens is 422 g/mol. The molecule has 32 heavy (non-hydrogen) atoms. The number of carbonyl (C=O) groups excluding carboxylic acids is 1. The number of benzene rings is 1. The molecule has 2 aliphatic rings. The third-order valence-electron chi connectivity index (χ3n) is 6.28. The molecule has 7 nitrogen and oxygen atoms in total. The highest BCUT2D eigenvalue weighted by atomic mass is 32.2. The summed E-state index contributed by atoms with van der Waals surface area (Å²) in [6.07, 6.45) is 4.85. The number of aliphatic hydroxyl groups is 1. The Morgan fingerprint density at radius 2 is 2.06 bits per heavy atom. The van der Waals surface area contributed by atoms with Crippen LogP contribution < -0.4 is 5.32 Å². The number of thioether (sulfide) groups is 1. The van der Waals surface area contributed by atoms with Crippen molar-refractivity contribution in [3.8, 4) is 0 Å². The van der Waals surface area contributed by atoms with Crippen LogP contribution in [0.2, 0.25) is 0 Å². The van der Waals surface area contributed by atoms with Gasteiger partial charge in [-0.15, -0.1) is 0 Å². The molecule has 0 saturated carbocycles. The van der Waals surface area contributed by atoms with E-state index in [4.69, 9.17) is 0 Å². The molecule has 1 fully saturated rings. The van der Waals surface area contributed by atoms with Gasteiger partial charge in [-0.3, -0.25) is 9.69 Å². The zero-order chi connectivity index (χ0) is 22.3. The third kappa shape index (κ3) is 6.28. The second-order valence-electron chi connectivity index (χ2n) is 8.83. The summed E-state index contributed by atoms with van der Waals surface area (Å²) >= 11 is 1.88. The van der Waals surface area contributed by atoms with Crippen LogP contribution in [0.15, 0.2) is 36.7 Å². The SMILES string of the molecule is CSCCN1CC(Cc2cc(C(=O)NC[C@H](O)CN3CCc4ccccc4C3)ncn2)C1. The van der Waals surface area contributed by atoms with E-state index in [1.165, 1.54) is 23.2 Å². The van der Waals surface area contributed by atoms with Crippen LogP contribution >= 0.6 is 11.8 Å². The van der Waals surface area contributed by atoms with Crippen LogP contribution in [0, 0.1) is 5.92 Å². The molecule has 3 heterocycles. The van der Waals surface area contributed by atoms with Crippen LogP contribution in [-0.2, 0) is 19.4 Å². The lowest BCUT2D eigenvalue weighted by Gasteiger charge is -2.39. The fourth-order valence-electron chi connectivity index (χ4n) is 4.51. The highest BCUT2D eigenvalue weighted by Gasteiger charge is 2.27. The Balaban J connectivity index is 1.20. The third-order valence-corrected chi connectivity index (χ3v) is 6.87. The molecule has 0 bridgehead atoms. The van der Waals surface area contributed by atoms with E-state index < -0.39 is 6.10 Å². The van der Waals surface area contributed by atoms with Crippen molar-refractivity contribution in [2.75, 3.05) is 51.3 Å². The summed E-state index contributed by atoms with van der Waals surface area (Å²) in [5, 5.41) is 13.3. The molecule has 4 rings (SSSR count). The van der Waals surface area contributed by atoms with E-state index in [0.717, 1.165) is 51.3 Å². The van der Waals surface area contributed by atoms with Gasteiger partial charge in [0.1, 0.15) is 12.0 Å². The van der Waals surface area contributed by atoms with Crippen molar-refractivity contribution in [2.24, 2.45) is 5.92 Å². The molecule has 8 heteroatoms. The molecule has 1 atom stereocenters. The van der Waals surface area contributed by atoms with Crippen LogP contribution in [0.25, 0.3) is 0 Å². The number of β-amino-alcohol motifs (C(OH)–C–C–N with tert-alkyl or cyclic N) is 1. The topological polar surface area (TPSA) is 81.6 Å². The molecule has 1 saturated heterocycles. The molecule has 0 unspecified atom stereocenters. The molecular formula is C24H33N5O2S. The highest BCUT2D eigenvalue weighted by Crippen LogP contribution is 2.20. The molecule has 1 amide bonds. The van der Waals surface area contributed by atoms with Gasteiger partial charge in [0, 0.05) is 57.3 Å². The number of amides is 1. The number of rotatable bonds is 10. The maximum absolute atomic E-state index is 12.6. The fourth-order valence-corrected chi connectivity index (χ4v) is 4.95. The largest absolute Gasteiger partial charge is 0.390 e. The Morgan fingerprint density at radius 3 is 2.88 bits per heavy atom. The van der Waals surface area contributed by atoms with Gasteiger partial charge in [-0.05, 0) is 42.2 Å². The van der Waals surface area contributed by atoms with Gasteiger partial charge in [0.15, 0.2) is 0 Å². The van der Waals surface area contributed by atoms with Gasteiger partial charge < -0.3 is 15.3 Å². The minimum atomic E-state index is -0.618. The second kappa shape index (κ2) is 11.2. The lowest BCUT2D eigenvalue weighted by Crippen LogP contribution is -2.48. The van der Waals surface area contributed by atoms with E-state index in [9.17, 15) is 9.90 Å². The Bertz CT molecular complexity index is 905. The van der Waals surface area contributed by atoms with Crippen LogP contribution in [0.3, 0.4) is 0 Å². The van der Waals surface area contributed by atoms with Crippen LogP contribution in [0.1, 0.15) is 27.3 Å². The van der Waals surface area contributed by atoms with Crippen LogP contribution in [-0.4, -0.2) is 88.2 Å². The average Bonchev–Trinajstić information content (AvgIpc) is 2.79. The zero-order valence-corrected chi connectivity index (χ0v) is 19.6. The normalized spacial score (nSPS) is 18.1. The molecule has 0 aliphatic carbocycles. The lowest BCUT2D eigenvalue weighted by molar-refractivity contribution is 0.0837. The summed E-state index contributed by atoms with van der Waals surface area (Å²) in [6, 6.07) is 10.2. The van der Waals surface area contributed by atoms with Crippen molar-refractivity contribution >= 4 is 17.7 Å². The van der Waals surface area contributed by atoms with Crippen LogP contribution in [0.5, 0.6) is 0 Å². The molecule has 2 N–H and O–H groups in total. The monoisotopic (exact) mass is 455 g/mol. The first-order chi connectivity index (χ1) is 15.6. The first-order valence-electron chi connectivity index (χ1n) is 11.4. The first-order valence-corrected chi connectivity index (χ1v) is 12.8. The molecule has 0 radical (unpaired) electrons. The Hall–Kier alpha value is -2.00. The van der Waals surface area contributed by atoms with Gasteiger partial charge in [-0.25, -0.2) is 9.97 Å². The Morgan fingerprint density at radius 1 is 1.25 bits per heavy atom. The summed E-state index contributed by atoms with van der Waals surface area (Å²) in [5.74, 6) is 1.51. The summed E-state index contributed by atoms with van der Waals surface area (Å²) < 4.78 is 0. The number of fused-ring (bicyclic) bond motifs is 1. The molecule has 1 aromatic heterocycles. The van der Waals surface area contributed by atoms with Gasteiger partial charge in [0.2, 0.25) is 0 Å². The minimum Gasteiger partial charge on any atom is -0.390 e. The van der Waals surface area contributed by atoms with Gasteiger partial charge in [0.25, 0.3) is 5.91 Å². The van der Waals surface area contributed by atoms with Crippen molar-refractivity contribution in [1.82, 2.24) is 25.1 Å². The second-order valence-corrected chi connectivity index (χ2v) is 9.82. The smallest absolute Gasteiger partial charge is 0.270 e. The van der Waals surface area contributed by atoms with Gasteiger partial charge in [-0.1, -0.05) is 24.3 Å². The quantitative estimate of drug-likeness (QED) is 0.561. The summed E-state index contributed by atoms with van der Waals surface area (Å²) in [6.45, 7) is 5.85. The standard InChI is InChI=1S/C24H33N5O2S/c1-32-9-8-29-13-18(14-29)10-21-11-23(27-17-26-21)24(31)25-12-22(30)16-28-7-6-19-4-2-3-5-20(19)15-28/h2-5,11,17-18,22,30H,6-10,12-16H2,1H3,(H,25,31)/t22-/m0/s1. The molecule has 1 aromatic carbocycles. The number of nitrogens with zero attached hydrogens (tertiary/aromatic N) is 4. The van der Waals surface area contributed by atoms with E-state index in [0.29, 0.717) is 18.2 Å². The zero-order valence-electron chi connectivity index (χ0n) is 18.7. The maximum Gasteiger partial charge on any atom is 0.270 e. The number of carbonyl (C=O) groups is 1. The molecule has 2 aromatic rings. The van der Waals surface area contributed by atoms with Crippen molar-refractivity contribution in [3.63, 3.8) is 0 Å². The number of likely N-dealkylation sites (tertiary alicyclic amines) is 1. The van der Waals surface area contributed by atoms with Crippen LogP contribution in [0.4, 0.5) is 0 Å². The van der Waals surface area contributed by atoms with Gasteiger partial charge >= 0.3 is 0 Å². The highest BCUT2D eigenvalue weighted by molar-refractivity contribution is 7.98. The van der Waals surface area contributed by atoms with E-state index >= 15 is 0 Å². The minimum absolute atomic E-state index is 0.212. The van der Waals surface area contributed by atoms with Crippen molar-refractivity contribution in [1.29, 1.82) is 0 Å². The summed E-state index contributed by atoms with van der Waals surface area (Å²) in [5.41, 5.74) is 3.99. The number of nitrogens with one attached hydrogen (secondary N) is 1. The van der Waals surface area contributed by atoms with E-state index in [-0.39, 0.29) is 12.5 Å². The molecule has 0 spiro atoms. The first kappa shape index (κ1) is 23.2. The molecule has 172 valence electrons. The maximum atomic E-state index is 12.6. The van der Waals surface area contributed by atoms with Crippen molar-refractivity contribution in [3.05, 3.63) is 59.2 Å². The summed E-state index contributed by atoms with van der Waals surface area (Å²) in [4.78, 5) is 25.7. The molecule has 2 aliphatic heterocycles. The predicted molar refractivity (Wildman–Crippen MR) is 128 cm³/mol. The van der Waals surface area contributed by atoms with E-state index in [1.807, 2.05) is 11.8 Å². The fraction of sp³-hybridized carbons (Fsp3) is 0.542. The average molecular weight is 456 g/mol. The predicted octanol–water partition coefficient (Wildman–Crippen LogP) is 1.46.